The third kappa shape index (κ3) is 4.96. The first-order valence-electron chi connectivity index (χ1n) is 8.62. The second kappa shape index (κ2) is 8.20. The summed E-state index contributed by atoms with van der Waals surface area (Å²) < 4.78 is 0. The molecule has 0 bridgehead atoms. The highest BCUT2D eigenvalue weighted by molar-refractivity contribution is 5.78. The highest BCUT2D eigenvalue weighted by Crippen LogP contribution is 2.24. The number of pyridine rings is 1. The number of amides is 1. The standard InChI is InChI=1S/C18H24N6O2/c1-23(11-15-3-2-5-19-9-15)12-17(25)22-13-18(26)4-8-24(14-18)16-10-20-6-7-21-16/h2-3,5-7,9-10,26H,4,8,11-14H2,1H3,(H,22,25)/t18-/m1/s1. The van der Waals surface area contributed by atoms with Gasteiger partial charge in [-0.05, 0) is 25.1 Å². The molecule has 2 aromatic rings. The molecule has 1 amide bonds. The summed E-state index contributed by atoms with van der Waals surface area (Å²) in [6.45, 7) is 2.25. The molecule has 1 aliphatic rings. The van der Waals surface area contributed by atoms with E-state index >= 15 is 0 Å². The van der Waals surface area contributed by atoms with Crippen molar-refractivity contribution in [3.8, 4) is 0 Å². The number of hydrogen-bond acceptors (Lipinski definition) is 7. The van der Waals surface area contributed by atoms with E-state index in [9.17, 15) is 9.90 Å². The first kappa shape index (κ1) is 18.2. The van der Waals surface area contributed by atoms with Crippen molar-refractivity contribution in [1.29, 1.82) is 0 Å². The fraction of sp³-hybridized carbons (Fsp3) is 0.444. The molecule has 0 spiro atoms. The Kier molecular flexibility index (Phi) is 5.75. The maximum absolute atomic E-state index is 12.2. The zero-order chi connectivity index (χ0) is 18.4. The lowest BCUT2D eigenvalue weighted by atomic mass is 10.0. The lowest BCUT2D eigenvalue weighted by molar-refractivity contribution is -0.123. The van der Waals surface area contributed by atoms with E-state index in [1.807, 2.05) is 29.0 Å². The van der Waals surface area contributed by atoms with Crippen molar-refractivity contribution in [1.82, 2.24) is 25.2 Å². The number of likely N-dealkylation sites (N-methyl/N-ethyl adjacent to an activating group) is 1. The Hall–Kier alpha value is -2.58. The molecule has 3 heterocycles. The van der Waals surface area contributed by atoms with E-state index < -0.39 is 5.60 Å². The van der Waals surface area contributed by atoms with Gasteiger partial charge in [0.15, 0.2) is 0 Å². The van der Waals surface area contributed by atoms with Crippen molar-refractivity contribution < 1.29 is 9.90 Å². The number of hydrogen-bond donors (Lipinski definition) is 2. The highest BCUT2D eigenvalue weighted by Gasteiger charge is 2.37. The van der Waals surface area contributed by atoms with E-state index in [2.05, 4.69) is 20.3 Å². The van der Waals surface area contributed by atoms with Crippen molar-refractivity contribution in [3.05, 3.63) is 48.7 Å². The molecule has 1 fully saturated rings. The van der Waals surface area contributed by atoms with Gasteiger partial charge in [0.05, 0.1) is 12.7 Å². The number of nitrogens with one attached hydrogen (secondary N) is 1. The van der Waals surface area contributed by atoms with Crippen LogP contribution < -0.4 is 10.2 Å². The van der Waals surface area contributed by atoms with Crippen molar-refractivity contribution in [3.63, 3.8) is 0 Å². The van der Waals surface area contributed by atoms with Crippen LogP contribution in [0.4, 0.5) is 5.82 Å². The first-order valence-corrected chi connectivity index (χ1v) is 8.62. The van der Waals surface area contributed by atoms with Gasteiger partial charge in [0.1, 0.15) is 11.4 Å². The van der Waals surface area contributed by atoms with Crippen LogP contribution >= 0.6 is 0 Å². The van der Waals surface area contributed by atoms with Gasteiger partial charge in [-0.1, -0.05) is 6.07 Å². The molecule has 1 saturated heterocycles. The van der Waals surface area contributed by atoms with E-state index in [0.717, 1.165) is 11.4 Å². The summed E-state index contributed by atoms with van der Waals surface area (Å²) in [6.07, 6.45) is 9.02. The smallest absolute Gasteiger partial charge is 0.234 e. The Labute approximate surface area is 152 Å². The van der Waals surface area contributed by atoms with Crippen molar-refractivity contribution in [2.75, 3.05) is 38.1 Å². The van der Waals surface area contributed by atoms with Crippen LogP contribution in [-0.2, 0) is 11.3 Å². The predicted molar refractivity (Wildman–Crippen MR) is 97.4 cm³/mol. The largest absolute Gasteiger partial charge is 0.386 e. The molecule has 0 radical (unpaired) electrons. The molecule has 26 heavy (non-hydrogen) atoms. The predicted octanol–water partition coefficient (Wildman–Crippen LogP) is 0.0610. The number of nitrogens with zero attached hydrogens (tertiary/aromatic N) is 5. The zero-order valence-corrected chi connectivity index (χ0v) is 14.9. The lowest BCUT2D eigenvalue weighted by Gasteiger charge is -2.24. The monoisotopic (exact) mass is 356 g/mol. The van der Waals surface area contributed by atoms with Gasteiger partial charge < -0.3 is 15.3 Å². The molecule has 0 aliphatic carbocycles. The van der Waals surface area contributed by atoms with E-state index in [-0.39, 0.29) is 19.0 Å². The fourth-order valence-corrected chi connectivity index (χ4v) is 3.07. The average molecular weight is 356 g/mol. The Bertz CT molecular complexity index is 714. The topological polar surface area (TPSA) is 94.5 Å². The Morgan fingerprint density at radius 1 is 1.35 bits per heavy atom. The van der Waals surface area contributed by atoms with Gasteiger partial charge in [0, 0.05) is 51.0 Å². The van der Waals surface area contributed by atoms with E-state index in [4.69, 9.17) is 0 Å². The maximum atomic E-state index is 12.2. The van der Waals surface area contributed by atoms with Gasteiger partial charge in [-0.3, -0.25) is 19.7 Å². The summed E-state index contributed by atoms with van der Waals surface area (Å²) in [6, 6.07) is 3.85. The van der Waals surface area contributed by atoms with Crippen LogP contribution in [0.15, 0.2) is 43.1 Å². The number of carbonyl (C=O) groups excluding carboxylic acids is 1. The summed E-state index contributed by atoms with van der Waals surface area (Å²) >= 11 is 0. The third-order valence-corrected chi connectivity index (χ3v) is 4.41. The molecular formula is C18H24N6O2. The summed E-state index contributed by atoms with van der Waals surface area (Å²) in [7, 11) is 1.88. The molecule has 1 atom stereocenters. The second-order valence-electron chi connectivity index (χ2n) is 6.77. The van der Waals surface area contributed by atoms with Crippen LogP contribution in [0.5, 0.6) is 0 Å². The summed E-state index contributed by atoms with van der Waals surface area (Å²) in [5.74, 6) is 0.633. The molecule has 8 heteroatoms. The van der Waals surface area contributed by atoms with Gasteiger partial charge in [-0.2, -0.15) is 0 Å². The molecule has 0 unspecified atom stereocenters. The number of aromatic nitrogens is 3. The minimum Gasteiger partial charge on any atom is -0.386 e. The minimum atomic E-state index is -0.949. The molecule has 2 aromatic heterocycles. The molecule has 1 aliphatic heterocycles. The van der Waals surface area contributed by atoms with Crippen LogP contribution in [0.25, 0.3) is 0 Å². The number of carbonyl (C=O) groups is 1. The molecular weight excluding hydrogens is 332 g/mol. The highest BCUT2D eigenvalue weighted by atomic mass is 16.3. The van der Waals surface area contributed by atoms with Crippen LogP contribution in [0.2, 0.25) is 0 Å². The van der Waals surface area contributed by atoms with Crippen LogP contribution in [0.3, 0.4) is 0 Å². The Balaban J connectivity index is 1.44. The molecule has 138 valence electrons. The van der Waals surface area contributed by atoms with Gasteiger partial charge in [0.25, 0.3) is 0 Å². The van der Waals surface area contributed by atoms with Crippen LogP contribution in [0.1, 0.15) is 12.0 Å². The van der Waals surface area contributed by atoms with Gasteiger partial charge in [-0.15, -0.1) is 0 Å². The molecule has 3 rings (SSSR count). The number of aliphatic hydroxyl groups is 1. The van der Waals surface area contributed by atoms with Gasteiger partial charge >= 0.3 is 0 Å². The van der Waals surface area contributed by atoms with E-state index in [1.54, 1.807) is 31.0 Å². The Morgan fingerprint density at radius 2 is 2.19 bits per heavy atom. The zero-order valence-electron chi connectivity index (χ0n) is 14.9. The van der Waals surface area contributed by atoms with Crippen molar-refractivity contribution in [2.24, 2.45) is 0 Å². The molecule has 0 aromatic carbocycles. The van der Waals surface area contributed by atoms with Crippen LogP contribution in [-0.4, -0.2) is 69.7 Å². The summed E-state index contributed by atoms with van der Waals surface area (Å²) in [4.78, 5) is 28.5. The average Bonchev–Trinajstić information content (AvgIpc) is 3.04. The van der Waals surface area contributed by atoms with Crippen molar-refractivity contribution in [2.45, 2.75) is 18.6 Å². The molecule has 0 saturated carbocycles. The Morgan fingerprint density at radius 3 is 2.92 bits per heavy atom. The van der Waals surface area contributed by atoms with Crippen LogP contribution in [0, 0.1) is 0 Å². The molecule has 2 N–H and O–H groups in total. The lowest BCUT2D eigenvalue weighted by Crippen LogP contribution is -2.47. The SMILES string of the molecule is CN(CC(=O)NC[C@]1(O)CCN(c2cnccn2)C1)Cc1cccnc1. The normalized spacial score (nSPS) is 19.7. The number of rotatable bonds is 7. The third-order valence-electron chi connectivity index (χ3n) is 4.41. The maximum Gasteiger partial charge on any atom is 0.234 e. The summed E-state index contributed by atoms with van der Waals surface area (Å²) in [5.41, 5.74) is 0.103. The molecule has 8 nitrogen and oxygen atoms in total. The quantitative estimate of drug-likeness (QED) is 0.724. The van der Waals surface area contributed by atoms with E-state index in [0.29, 0.717) is 26.1 Å². The second-order valence-corrected chi connectivity index (χ2v) is 6.77. The fourth-order valence-electron chi connectivity index (χ4n) is 3.07. The van der Waals surface area contributed by atoms with Gasteiger partial charge in [0.2, 0.25) is 5.91 Å². The van der Waals surface area contributed by atoms with E-state index in [1.165, 1.54) is 0 Å². The first-order chi connectivity index (χ1) is 12.5. The minimum absolute atomic E-state index is 0.109. The summed E-state index contributed by atoms with van der Waals surface area (Å²) in [5, 5.41) is 13.6. The number of anilines is 1. The number of β-amino-alcohol motifs (C(OH)–C–C–N with tert-alkyl or cyclic N) is 1. The van der Waals surface area contributed by atoms with Crippen molar-refractivity contribution >= 4 is 11.7 Å². The van der Waals surface area contributed by atoms with Gasteiger partial charge in [-0.25, -0.2) is 4.98 Å².